The quantitative estimate of drug-likeness (QED) is 0.0861. The van der Waals surface area contributed by atoms with Gasteiger partial charge in [0.2, 0.25) is 0 Å². The Morgan fingerprint density at radius 3 is 1.98 bits per heavy atom. The number of carbonyl (C=O) groups is 2. The number of hydroxylamine groups is 1. The lowest BCUT2D eigenvalue weighted by molar-refractivity contribution is -0.389. The molecule has 1 unspecified atom stereocenters. The van der Waals surface area contributed by atoms with E-state index < -0.39 is 91.5 Å². The lowest BCUT2D eigenvalue weighted by atomic mass is 9.86. The smallest absolute Gasteiger partial charge is 0.320 e. The van der Waals surface area contributed by atoms with Crippen LogP contribution in [0, 0.1) is 9.39 Å². The predicted molar refractivity (Wildman–Crippen MR) is 136 cm³/mol. The molecule has 0 aliphatic heterocycles. The fourth-order valence-corrected chi connectivity index (χ4v) is 4.52. The second-order valence-corrected chi connectivity index (χ2v) is 10.2. The van der Waals surface area contributed by atoms with Crippen LogP contribution in [0.5, 0.6) is 0 Å². The number of nitrogens with zero attached hydrogens (tertiary/aromatic N) is 2. The summed E-state index contributed by atoms with van der Waals surface area (Å²) in [4.78, 5) is 28.8. The molecule has 1 aromatic heterocycles. The highest BCUT2D eigenvalue weighted by Gasteiger charge is 2.82. The molecule has 0 radical (unpaired) electrons. The van der Waals surface area contributed by atoms with E-state index in [1.54, 1.807) is 0 Å². The molecule has 45 heavy (non-hydrogen) atoms. The minimum Gasteiger partial charge on any atom is -0.320 e. The second-order valence-electron chi connectivity index (χ2n) is 8.69. The Morgan fingerprint density at radius 2 is 1.49 bits per heavy atom. The number of rotatable bonds is 6. The largest absolute Gasteiger partial charge is 0.457 e. The first-order valence-electron chi connectivity index (χ1n) is 11.2. The minimum absolute atomic E-state index is 0.0774. The molecule has 244 valence electrons. The Bertz CT molecular complexity index is 1630. The number of aromatic nitrogens is 1. The van der Waals surface area contributed by atoms with Crippen LogP contribution in [0.3, 0.4) is 0 Å². The summed E-state index contributed by atoms with van der Waals surface area (Å²) < 4.78 is 177. The van der Waals surface area contributed by atoms with Crippen molar-refractivity contribution in [3.05, 3.63) is 85.5 Å². The Balaban J connectivity index is 2.12. The van der Waals surface area contributed by atoms with Gasteiger partial charge >= 0.3 is 30.1 Å². The van der Waals surface area contributed by atoms with Gasteiger partial charge in [0.25, 0.3) is 11.8 Å². The van der Waals surface area contributed by atoms with Gasteiger partial charge in [0.15, 0.2) is 5.82 Å². The number of pyridine rings is 1. The molecule has 21 heteroatoms. The van der Waals surface area contributed by atoms with Crippen LogP contribution in [-0.2, 0) is 11.8 Å². The maximum Gasteiger partial charge on any atom is 0.457 e. The average Bonchev–Trinajstić information content (AvgIpc) is 2.91. The Hall–Kier alpha value is -3.40. The van der Waals surface area contributed by atoms with Crippen LogP contribution in [0.2, 0.25) is 5.15 Å². The monoisotopic (exact) mass is 797 g/mol. The topological polar surface area (TPSA) is 82.5 Å². The SMILES string of the molecule is O=C(Nc1c(I)cc(C(F)(C(F)(F)F)C(F)(F)C(F)(F)F)cc1C(F)(F)F)c1cccc(N(O)C(=O)c2ccc(Cl)nc2)c1F. The molecule has 2 aromatic carbocycles. The van der Waals surface area contributed by atoms with Gasteiger partial charge in [-0.15, -0.1) is 0 Å². The first-order valence-corrected chi connectivity index (χ1v) is 12.7. The van der Waals surface area contributed by atoms with E-state index in [2.05, 4.69) is 4.98 Å². The first kappa shape index (κ1) is 36.1. The van der Waals surface area contributed by atoms with Crippen LogP contribution in [0.4, 0.5) is 68.5 Å². The molecule has 0 bridgehead atoms. The number of hydrogen-bond donors (Lipinski definition) is 2. The van der Waals surface area contributed by atoms with E-state index in [1.165, 1.54) is 5.32 Å². The van der Waals surface area contributed by atoms with E-state index in [1.807, 2.05) is 0 Å². The number of amides is 2. The molecule has 0 aliphatic rings. The number of carbonyl (C=O) groups excluding carboxylic acids is 2. The van der Waals surface area contributed by atoms with Crippen LogP contribution < -0.4 is 10.4 Å². The third-order valence-corrected chi connectivity index (χ3v) is 6.90. The third kappa shape index (κ3) is 6.62. The van der Waals surface area contributed by atoms with Gasteiger partial charge in [0.05, 0.1) is 22.4 Å². The number of nitrogens with one attached hydrogen (secondary N) is 1. The molecule has 3 aromatic rings. The van der Waals surface area contributed by atoms with Gasteiger partial charge in [-0.05, 0) is 59.0 Å². The Morgan fingerprint density at radius 1 is 0.889 bits per heavy atom. The zero-order valence-electron chi connectivity index (χ0n) is 20.9. The molecule has 6 nitrogen and oxygen atoms in total. The van der Waals surface area contributed by atoms with Crippen LogP contribution in [0.25, 0.3) is 0 Å². The molecule has 1 atom stereocenters. The summed E-state index contributed by atoms with van der Waals surface area (Å²) in [6.45, 7) is 0. The summed E-state index contributed by atoms with van der Waals surface area (Å²) >= 11 is 6.27. The maximum atomic E-state index is 15.2. The highest BCUT2D eigenvalue weighted by atomic mass is 127. The minimum atomic E-state index is -7.30. The molecule has 1 heterocycles. The van der Waals surface area contributed by atoms with Crippen molar-refractivity contribution in [2.24, 2.45) is 0 Å². The fourth-order valence-electron chi connectivity index (χ4n) is 3.65. The van der Waals surface area contributed by atoms with Gasteiger partial charge in [0.1, 0.15) is 10.8 Å². The molecular weight excluding hydrogens is 788 g/mol. The number of halogens is 15. The number of hydrogen-bond acceptors (Lipinski definition) is 4. The molecule has 0 fully saturated rings. The molecule has 0 spiro atoms. The zero-order valence-corrected chi connectivity index (χ0v) is 23.9. The standard InChI is InChI=1S/C24H10ClF13IN3O3/c25-15-5-4-9(8-40-15)19(44)42(45)14-3-1-2-11(16(14)26)18(43)41-17-12(21(28,29)30)6-10(7-13(17)39)20(27,23(33,34)35)22(31,32)24(36,37)38/h1-8,45H,(H,41,43). The summed E-state index contributed by atoms with van der Waals surface area (Å²) in [6, 6.07) is 2.86. The van der Waals surface area contributed by atoms with Gasteiger partial charge in [-0.1, -0.05) is 17.7 Å². The van der Waals surface area contributed by atoms with E-state index in [-0.39, 0.29) is 15.8 Å². The number of alkyl halides is 12. The van der Waals surface area contributed by atoms with Crippen molar-refractivity contribution in [1.29, 1.82) is 0 Å². The highest BCUT2D eigenvalue weighted by molar-refractivity contribution is 14.1. The van der Waals surface area contributed by atoms with E-state index in [0.29, 0.717) is 28.7 Å². The van der Waals surface area contributed by atoms with E-state index in [4.69, 9.17) is 11.6 Å². The summed E-state index contributed by atoms with van der Waals surface area (Å²) in [7, 11) is 0. The van der Waals surface area contributed by atoms with E-state index >= 15 is 4.39 Å². The molecule has 2 amide bonds. The predicted octanol–water partition coefficient (Wildman–Crippen LogP) is 8.71. The van der Waals surface area contributed by atoms with E-state index in [9.17, 15) is 67.5 Å². The van der Waals surface area contributed by atoms with E-state index in [0.717, 1.165) is 30.5 Å². The molecule has 0 saturated carbocycles. The van der Waals surface area contributed by atoms with Crippen molar-refractivity contribution in [2.45, 2.75) is 30.1 Å². The maximum absolute atomic E-state index is 15.2. The summed E-state index contributed by atoms with van der Waals surface area (Å²) in [5, 5.41) is 11.2. The van der Waals surface area contributed by atoms with Crippen molar-refractivity contribution >= 4 is 57.4 Å². The lowest BCUT2D eigenvalue weighted by Gasteiger charge is -2.36. The third-order valence-electron chi connectivity index (χ3n) is 5.83. The summed E-state index contributed by atoms with van der Waals surface area (Å²) in [5.74, 6) is -12.2. The lowest BCUT2D eigenvalue weighted by Crippen LogP contribution is -2.59. The van der Waals surface area contributed by atoms with Gasteiger partial charge in [-0.3, -0.25) is 14.8 Å². The molecule has 0 aliphatic carbocycles. The molecule has 2 N–H and O–H groups in total. The zero-order chi connectivity index (χ0) is 34.5. The van der Waals surface area contributed by atoms with Crippen molar-refractivity contribution in [1.82, 2.24) is 4.98 Å². The fraction of sp³-hybridized carbons (Fsp3) is 0.208. The number of benzene rings is 2. The van der Waals surface area contributed by atoms with Crippen molar-refractivity contribution in [3.63, 3.8) is 0 Å². The molecule has 3 rings (SSSR count). The first-order chi connectivity index (χ1) is 20.4. The van der Waals surface area contributed by atoms with Crippen LogP contribution in [0.1, 0.15) is 31.8 Å². The van der Waals surface area contributed by atoms with Crippen molar-refractivity contribution < 1.29 is 71.9 Å². The second kappa shape index (κ2) is 12.1. The number of anilines is 2. The van der Waals surface area contributed by atoms with Crippen molar-refractivity contribution in [3.8, 4) is 0 Å². The summed E-state index contributed by atoms with van der Waals surface area (Å²) in [5.41, 5.74) is -16.3. The molecular formula is C24H10ClF13IN3O3. The summed E-state index contributed by atoms with van der Waals surface area (Å²) in [6.07, 6.45) is -19.4. The van der Waals surface area contributed by atoms with Gasteiger partial charge < -0.3 is 5.32 Å². The van der Waals surface area contributed by atoms with Crippen LogP contribution >= 0.6 is 34.2 Å². The van der Waals surface area contributed by atoms with Gasteiger partial charge in [-0.2, -0.15) is 53.4 Å². The molecule has 0 saturated heterocycles. The normalized spacial score (nSPS) is 14.1. The van der Waals surface area contributed by atoms with Gasteiger partial charge in [-0.25, -0.2) is 13.8 Å². The Labute approximate surface area is 259 Å². The van der Waals surface area contributed by atoms with Crippen molar-refractivity contribution in [2.75, 3.05) is 10.4 Å². The highest BCUT2D eigenvalue weighted by Crippen LogP contribution is 2.59. The Kier molecular flexibility index (Phi) is 9.68. The van der Waals surface area contributed by atoms with Crippen LogP contribution in [0.15, 0.2) is 48.7 Å². The van der Waals surface area contributed by atoms with Gasteiger partial charge in [0, 0.05) is 15.3 Å². The van der Waals surface area contributed by atoms with Crippen LogP contribution in [-0.4, -0.2) is 40.3 Å². The average molecular weight is 798 g/mol.